The van der Waals surface area contributed by atoms with E-state index in [1.165, 1.54) is 12.1 Å². The van der Waals surface area contributed by atoms with Gasteiger partial charge in [0, 0.05) is 11.8 Å². The van der Waals surface area contributed by atoms with Crippen molar-refractivity contribution >= 4 is 27.1 Å². The minimum atomic E-state index is -3.81. The topological polar surface area (TPSA) is 106 Å². The highest BCUT2D eigenvalue weighted by Gasteiger charge is 2.21. The molecule has 0 aromatic heterocycles. The fourth-order valence-corrected chi connectivity index (χ4v) is 3.53. The summed E-state index contributed by atoms with van der Waals surface area (Å²) in [5.74, 6) is 0. The number of quaternary nitrogens is 1. The van der Waals surface area contributed by atoms with Crippen molar-refractivity contribution in [1.29, 1.82) is 0 Å². The number of aryl methyl sites for hydroxylation is 1. The lowest BCUT2D eigenvalue weighted by molar-refractivity contribution is -0.856. The number of hydrogen-bond acceptors (Lipinski definition) is 5. The van der Waals surface area contributed by atoms with Gasteiger partial charge in [-0.05, 0) is 36.2 Å². The first kappa shape index (κ1) is 20.8. The van der Waals surface area contributed by atoms with Gasteiger partial charge in [-0.25, -0.2) is 13.1 Å². The Kier molecular flexibility index (Phi) is 6.89. The van der Waals surface area contributed by atoms with E-state index in [-0.39, 0.29) is 22.8 Å². The molecular weight excluding hydrogens is 368 g/mol. The number of anilines is 2. The van der Waals surface area contributed by atoms with Crippen molar-refractivity contribution in [2.24, 2.45) is 0 Å². The monoisotopic (exact) mass is 393 g/mol. The van der Waals surface area contributed by atoms with Crippen LogP contribution in [-0.2, 0) is 16.4 Å². The summed E-state index contributed by atoms with van der Waals surface area (Å²) in [6.45, 7) is 2.88. The molecule has 0 fully saturated rings. The van der Waals surface area contributed by atoms with Crippen molar-refractivity contribution in [1.82, 2.24) is 4.72 Å². The lowest BCUT2D eigenvalue weighted by Crippen LogP contribution is -3.06. The second-order valence-corrected chi connectivity index (χ2v) is 8.24. The Balaban J connectivity index is 2.29. The van der Waals surface area contributed by atoms with E-state index >= 15 is 0 Å². The molecule has 0 unspecified atom stereocenters. The third kappa shape index (κ3) is 5.75. The van der Waals surface area contributed by atoms with Crippen LogP contribution in [0.3, 0.4) is 0 Å². The first-order chi connectivity index (χ1) is 12.7. The number of nitrogens with zero attached hydrogens (tertiary/aromatic N) is 1. The van der Waals surface area contributed by atoms with Crippen molar-refractivity contribution in [2.75, 3.05) is 32.5 Å². The molecule has 27 heavy (non-hydrogen) atoms. The molecule has 0 saturated heterocycles. The summed E-state index contributed by atoms with van der Waals surface area (Å²) in [7, 11) is 0.0119. The molecule has 0 aliphatic rings. The Bertz CT molecular complexity index is 913. The molecule has 0 amide bonds. The average Bonchev–Trinajstić information content (AvgIpc) is 2.61. The van der Waals surface area contributed by atoms with E-state index in [1.807, 2.05) is 39.2 Å². The van der Waals surface area contributed by atoms with Gasteiger partial charge in [0.2, 0.25) is 10.0 Å². The second kappa shape index (κ2) is 8.94. The first-order valence-corrected chi connectivity index (χ1v) is 10.1. The van der Waals surface area contributed by atoms with Crippen LogP contribution in [0.2, 0.25) is 0 Å². The number of benzene rings is 2. The number of nitro groups is 1. The Morgan fingerprint density at radius 1 is 1.15 bits per heavy atom. The summed E-state index contributed by atoms with van der Waals surface area (Å²) >= 11 is 0. The molecule has 2 rings (SSSR count). The maximum absolute atomic E-state index is 12.4. The molecule has 0 aliphatic carbocycles. The fourth-order valence-electron chi connectivity index (χ4n) is 2.48. The number of likely N-dealkylation sites (N-methyl/N-ethyl adjacent to an activating group) is 1. The van der Waals surface area contributed by atoms with Crippen molar-refractivity contribution in [3.05, 3.63) is 58.1 Å². The summed E-state index contributed by atoms with van der Waals surface area (Å²) in [5.41, 5.74) is 1.75. The highest BCUT2D eigenvalue weighted by atomic mass is 32.2. The molecular formula is C18H25N4O4S+. The van der Waals surface area contributed by atoms with E-state index in [0.29, 0.717) is 12.2 Å². The molecule has 2 aromatic rings. The molecule has 0 radical (unpaired) electrons. The number of sulfonamides is 1. The minimum Gasteiger partial charge on any atom is -0.350 e. The lowest BCUT2D eigenvalue weighted by atomic mass is 10.1. The van der Waals surface area contributed by atoms with Gasteiger partial charge >= 0.3 is 0 Å². The zero-order valence-corrected chi connectivity index (χ0v) is 16.5. The maximum Gasteiger partial charge on any atom is 0.294 e. The van der Waals surface area contributed by atoms with Crippen molar-refractivity contribution in [3.63, 3.8) is 0 Å². The highest BCUT2D eigenvalue weighted by Crippen LogP contribution is 2.30. The van der Waals surface area contributed by atoms with Crippen LogP contribution in [0, 0.1) is 10.1 Å². The van der Waals surface area contributed by atoms with Gasteiger partial charge in [0.25, 0.3) is 5.69 Å². The summed E-state index contributed by atoms with van der Waals surface area (Å²) in [4.78, 5) is 11.8. The number of rotatable bonds is 9. The third-order valence-electron chi connectivity index (χ3n) is 4.01. The van der Waals surface area contributed by atoms with Gasteiger partial charge in [0.15, 0.2) is 0 Å². The average molecular weight is 393 g/mol. The van der Waals surface area contributed by atoms with E-state index in [4.69, 9.17) is 0 Å². The van der Waals surface area contributed by atoms with Crippen molar-refractivity contribution < 1.29 is 18.2 Å². The Morgan fingerprint density at radius 3 is 2.52 bits per heavy atom. The predicted octanol–water partition coefficient (Wildman–Crippen LogP) is 1.32. The molecule has 146 valence electrons. The molecule has 0 aliphatic heterocycles. The van der Waals surface area contributed by atoms with Crippen molar-refractivity contribution in [2.45, 2.75) is 18.2 Å². The zero-order chi connectivity index (χ0) is 20.0. The van der Waals surface area contributed by atoms with Crippen LogP contribution in [-0.4, -0.2) is 40.5 Å². The summed E-state index contributed by atoms with van der Waals surface area (Å²) in [6, 6.07) is 11.4. The molecule has 9 heteroatoms. The largest absolute Gasteiger partial charge is 0.350 e. The molecule has 2 aromatic carbocycles. The molecule has 3 N–H and O–H groups in total. The molecule has 0 spiro atoms. The summed E-state index contributed by atoms with van der Waals surface area (Å²) < 4.78 is 27.2. The number of nitro benzene ring substituents is 1. The van der Waals surface area contributed by atoms with E-state index in [0.717, 1.165) is 23.0 Å². The van der Waals surface area contributed by atoms with Crippen LogP contribution in [0.1, 0.15) is 12.5 Å². The SMILES string of the molecule is CCc1cccc(Nc2ccc(S(=O)(=O)NCC[NH+](C)C)cc2[N+](=O)[O-])c1. The molecule has 0 atom stereocenters. The second-order valence-electron chi connectivity index (χ2n) is 6.47. The maximum atomic E-state index is 12.4. The molecule has 0 heterocycles. The van der Waals surface area contributed by atoms with Gasteiger partial charge in [-0.3, -0.25) is 10.1 Å². The van der Waals surface area contributed by atoms with Crippen LogP contribution in [0.4, 0.5) is 17.1 Å². The van der Waals surface area contributed by atoms with Gasteiger partial charge < -0.3 is 10.2 Å². The van der Waals surface area contributed by atoms with Crippen LogP contribution >= 0.6 is 0 Å². The minimum absolute atomic E-state index is 0.129. The highest BCUT2D eigenvalue weighted by molar-refractivity contribution is 7.89. The van der Waals surface area contributed by atoms with E-state index in [9.17, 15) is 18.5 Å². The third-order valence-corrected chi connectivity index (χ3v) is 5.47. The van der Waals surface area contributed by atoms with E-state index in [1.54, 1.807) is 6.07 Å². The van der Waals surface area contributed by atoms with Gasteiger partial charge in [0.05, 0.1) is 37.0 Å². The smallest absolute Gasteiger partial charge is 0.294 e. The fraction of sp³-hybridized carbons (Fsp3) is 0.333. The van der Waals surface area contributed by atoms with Gasteiger partial charge in [-0.2, -0.15) is 0 Å². The Labute approximate surface area is 159 Å². The Morgan fingerprint density at radius 2 is 1.89 bits per heavy atom. The predicted molar refractivity (Wildman–Crippen MR) is 105 cm³/mol. The van der Waals surface area contributed by atoms with E-state index in [2.05, 4.69) is 10.0 Å². The Hall–Kier alpha value is -2.49. The number of hydrogen-bond donors (Lipinski definition) is 3. The quantitative estimate of drug-likeness (QED) is 0.440. The number of nitrogens with one attached hydrogen (secondary N) is 3. The van der Waals surface area contributed by atoms with Gasteiger partial charge in [-0.1, -0.05) is 19.1 Å². The summed E-state index contributed by atoms with van der Waals surface area (Å²) in [5, 5.41) is 14.5. The molecule has 8 nitrogen and oxygen atoms in total. The van der Waals surface area contributed by atoms with Crippen LogP contribution in [0.25, 0.3) is 0 Å². The van der Waals surface area contributed by atoms with E-state index < -0.39 is 14.9 Å². The normalized spacial score (nSPS) is 11.6. The lowest BCUT2D eigenvalue weighted by Gasteiger charge is -2.11. The zero-order valence-electron chi connectivity index (χ0n) is 15.7. The standard InChI is InChI=1S/C18H24N4O4S/c1-4-14-6-5-7-15(12-14)20-17-9-8-16(13-18(17)22(23)24)27(25,26)19-10-11-21(2)3/h5-9,12-13,19-20H,4,10-11H2,1-3H3/p+1. The van der Waals surface area contributed by atoms with Crippen LogP contribution in [0.15, 0.2) is 47.4 Å². The molecule has 0 saturated carbocycles. The van der Waals surface area contributed by atoms with Gasteiger partial charge in [0.1, 0.15) is 5.69 Å². The first-order valence-electron chi connectivity index (χ1n) is 8.66. The van der Waals surface area contributed by atoms with Crippen molar-refractivity contribution in [3.8, 4) is 0 Å². The molecule has 0 bridgehead atoms. The van der Waals surface area contributed by atoms with Crippen LogP contribution in [0.5, 0.6) is 0 Å². The van der Waals surface area contributed by atoms with Crippen LogP contribution < -0.4 is 14.9 Å². The summed E-state index contributed by atoms with van der Waals surface area (Å²) in [6.07, 6.45) is 0.842. The van der Waals surface area contributed by atoms with Gasteiger partial charge in [-0.15, -0.1) is 0 Å².